The van der Waals surface area contributed by atoms with Crippen LogP contribution in [0, 0.1) is 0 Å². The monoisotopic (exact) mass is 250 g/mol. The highest BCUT2D eigenvalue weighted by molar-refractivity contribution is 5.20. The number of halogens is 3. The average Bonchev–Trinajstić information content (AvgIpc) is 2.28. The third kappa shape index (κ3) is 4.58. The smallest absolute Gasteiger partial charge is 0.417 e. The number of hydrogen-bond acceptors (Lipinski definition) is 4. The molecule has 0 saturated carbocycles. The van der Waals surface area contributed by atoms with Crippen LogP contribution in [0.2, 0.25) is 0 Å². The highest BCUT2D eigenvalue weighted by atomic mass is 19.4. The molecule has 3 N–H and O–H groups in total. The first kappa shape index (κ1) is 13.7. The Morgan fingerprint density at radius 3 is 2.59 bits per heavy atom. The number of pyridine rings is 1. The van der Waals surface area contributed by atoms with Crippen LogP contribution in [0.1, 0.15) is 12.0 Å². The van der Waals surface area contributed by atoms with Gasteiger partial charge in [-0.15, -0.1) is 0 Å². The SMILES string of the molecule is NC(CO)CCOc1ccc(C(F)(F)F)cn1. The fraction of sp³-hybridized carbons (Fsp3) is 0.500. The maximum atomic E-state index is 12.2. The lowest BCUT2D eigenvalue weighted by atomic mass is 10.2. The van der Waals surface area contributed by atoms with Gasteiger partial charge in [0.1, 0.15) is 0 Å². The summed E-state index contributed by atoms with van der Waals surface area (Å²) in [6, 6.07) is 1.64. The van der Waals surface area contributed by atoms with Crippen molar-refractivity contribution >= 4 is 0 Å². The van der Waals surface area contributed by atoms with E-state index in [1.807, 2.05) is 0 Å². The maximum Gasteiger partial charge on any atom is 0.417 e. The first-order valence-corrected chi connectivity index (χ1v) is 4.96. The van der Waals surface area contributed by atoms with Gasteiger partial charge in [0, 0.05) is 18.3 Å². The minimum absolute atomic E-state index is 0.100. The third-order valence-corrected chi connectivity index (χ3v) is 2.04. The Labute approximate surface area is 96.2 Å². The molecule has 0 aliphatic rings. The van der Waals surface area contributed by atoms with Crippen LogP contribution in [0.15, 0.2) is 18.3 Å². The van der Waals surface area contributed by atoms with Gasteiger partial charge in [-0.1, -0.05) is 0 Å². The van der Waals surface area contributed by atoms with Gasteiger partial charge in [-0.2, -0.15) is 13.2 Å². The van der Waals surface area contributed by atoms with Crippen LogP contribution in [0.4, 0.5) is 13.2 Å². The van der Waals surface area contributed by atoms with Crippen molar-refractivity contribution in [1.29, 1.82) is 0 Å². The van der Waals surface area contributed by atoms with Crippen molar-refractivity contribution in [3.63, 3.8) is 0 Å². The molecule has 0 fully saturated rings. The van der Waals surface area contributed by atoms with Crippen molar-refractivity contribution in [3.8, 4) is 5.88 Å². The number of nitrogens with zero attached hydrogens (tertiary/aromatic N) is 1. The van der Waals surface area contributed by atoms with Crippen molar-refractivity contribution in [1.82, 2.24) is 4.98 Å². The molecule has 0 aliphatic heterocycles. The molecule has 17 heavy (non-hydrogen) atoms. The Kier molecular flexibility index (Phi) is 4.71. The van der Waals surface area contributed by atoms with Gasteiger partial charge in [0.05, 0.1) is 18.8 Å². The number of aromatic nitrogens is 1. The highest BCUT2D eigenvalue weighted by Crippen LogP contribution is 2.29. The molecule has 96 valence electrons. The summed E-state index contributed by atoms with van der Waals surface area (Å²) in [6.45, 7) is 0.0316. The fourth-order valence-electron chi connectivity index (χ4n) is 1.04. The predicted molar refractivity (Wildman–Crippen MR) is 54.4 cm³/mol. The van der Waals surface area contributed by atoms with Crippen LogP contribution in [0.5, 0.6) is 5.88 Å². The minimum atomic E-state index is -4.40. The Morgan fingerprint density at radius 2 is 2.12 bits per heavy atom. The molecular formula is C10H13F3N2O2. The number of aliphatic hydroxyl groups excluding tert-OH is 1. The van der Waals surface area contributed by atoms with Crippen molar-refractivity contribution < 1.29 is 23.0 Å². The van der Waals surface area contributed by atoms with Crippen LogP contribution in [-0.4, -0.2) is 29.3 Å². The van der Waals surface area contributed by atoms with Gasteiger partial charge in [0.2, 0.25) is 5.88 Å². The second-order valence-electron chi connectivity index (χ2n) is 3.46. The Balaban J connectivity index is 2.46. The quantitative estimate of drug-likeness (QED) is 0.823. The third-order valence-electron chi connectivity index (χ3n) is 2.04. The lowest BCUT2D eigenvalue weighted by Crippen LogP contribution is -2.26. The molecular weight excluding hydrogens is 237 g/mol. The molecule has 7 heteroatoms. The van der Waals surface area contributed by atoms with Crippen LogP contribution in [-0.2, 0) is 6.18 Å². The van der Waals surface area contributed by atoms with E-state index in [1.165, 1.54) is 0 Å². The van der Waals surface area contributed by atoms with Crippen molar-refractivity contribution in [2.45, 2.75) is 18.6 Å². The number of ether oxygens (including phenoxy) is 1. The maximum absolute atomic E-state index is 12.2. The molecule has 0 aromatic carbocycles. The molecule has 1 heterocycles. The molecule has 4 nitrogen and oxygen atoms in total. The molecule has 0 saturated heterocycles. The summed E-state index contributed by atoms with van der Waals surface area (Å²) in [5.74, 6) is 0.100. The lowest BCUT2D eigenvalue weighted by molar-refractivity contribution is -0.137. The summed E-state index contributed by atoms with van der Waals surface area (Å²) in [7, 11) is 0. The molecule has 1 aromatic heterocycles. The normalized spacial score (nSPS) is 13.5. The van der Waals surface area contributed by atoms with Crippen molar-refractivity contribution in [2.24, 2.45) is 5.73 Å². The first-order valence-electron chi connectivity index (χ1n) is 4.96. The predicted octanol–water partition coefficient (Wildman–Crippen LogP) is 1.19. The second-order valence-corrected chi connectivity index (χ2v) is 3.46. The molecule has 1 aromatic rings. The van der Waals surface area contributed by atoms with E-state index in [-0.39, 0.29) is 19.1 Å². The second kappa shape index (κ2) is 5.83. The molecule has 0 radical (unpaired) electrons. The van der Waals surface area contributed by atoms with Gasteiger partial charge in [0.15, 0.2) is 0 Å². The summed E-state index contributed by atoms with van der Waals surface area (Å²) < 4.78 is 41.7. The van der Waals surface area contributed by atoms with E-state index in [0.717, 1.165) is 12.1 Å². The van der Waals surface area contributed by atoms with E-state index in [0.29, 0.717) is 12.6 Å². The zero-order valence-corrected chi connectivity index (χ0v) is 8.94. The van der Waals surface area contributed by atoms with Crippen LogP contribution < -0.4 is 10.5 Å². The van der Waals surface area contributed by atoms with Crippen molar-refractivity contribution in [2.75, 3.05) is 13.2 Å². The first-order chi connectivity index (χ1) is 7.93. The zero-order valence-electron chi connectivity index (χ0n) is 8.94. The molecule has 0 spiro atoms. The van der Waals surface area contributed by atoms with E-state index < -0.39 is 17.8 Å². The zero-order chi connectivity index (χ0) is 12.9. The number of aliphatic hydroxyl groups is 1. The highest BCUT2D eigenvalue weighted by Gasteiger charge is 2.30. The van der Waals surface area contributed by atoms with E-state index >= 15 is 0 Å². The van der Waals surface area contributed by atoms with Crippen molar-refractivity contribution in [3.05, 3.63) is 23.9 Å². The van der Waals surface area contributed by atoms with Gasteiger partial charge >= 0.3 is 6.18 Å². The number of nitrogens with two attached hydrogens (primary N) is 1. The van der Waals surface area contributed by atoms with E-state index in [2.05, 4.69) is 4.98 Å². The van der Waals surface area contributed by atoms with Gasteiger partial charge in [-0.3, -0.25) is 0 Å². The number of hydrogen-bond donors (Lipinski definition) is 2. The van der Waals surface area contributed by atoms with E-state index in [9.17, 15) is 13.2 Å². The number of rotatable bonds is 5. The van der Waals surface area contributed by atoms with Crippen LogP contribution >= 0.6 is 0 Å². The minimum Gasteiger partial charge on any atom is -0.478 e. The lowest BCUT2D eigenvalue weighted by Gasteiger charge is -2.10. The molecule has 1 unspecified atom stereocenters. The van der Waals surface area contributed by atoms with Crippen LogP contribution in [0.25, 0.3) is 0 Å². The van der Waals surface area contributed by atoms with E-state index in [1.54, 1.807) is 0 Å². The molecule has 0 bridgehead atoms. The van der Waals surface area contributed by atoms with Gasteiger partial charge in [-0.25, -0.2) is 4.98 Å². The summed E-state index contributed by atoms with van der Waals surface area (Å²) >= 11 is 0. The standard InChI is InChI=1S/C10H13F3N2O2/c11-10(12,13)7-1-2-9(15-5-7)17-4-3-8(14)6-16/h1-2,5,8,16H,3-4,6,14H2. The molecule has 1 rings (SSSR count). The summed E-state index contributed by atoms with van der Waals surface area (Å²) in [5, 5.41) is 8.64. The average molecular weight is 250 g/mol. The Bertz CT molecular complexity index is 340. The molecule has 1 atom stereocenters. The topological polar surface area (TPSA) is 68.4 Å². The summed E-state index contributed by atoms with van der Waals surface area (Å²) in [5.41, 5.74) is 4.60. The summed E-state index contributed by atoms with van der Waals surface area (Å²) in [4.78, 5) is 3.52. The Morgan fingerprint density at radius 1 is 1.41 bits per heavy atom. The molecule has 0 amide bonds. The van der Waals surface area contributed by atoms with Crippen LogP contribution in [0.3, 0.4) is 0 Å². The van der Waals surface area contributed by atoms with Gasteiger partial charge < -0.3 is 15.6 Å². The van der Waals surface area contributed by atoms with Gasteiger partial charge in [0.25, 0.3) is 0 Å². The summed E-state index contributed by atoms with van der Waals surface area (Å²) in [6.07, 6.45) is -3.29. The fourth-order valence-corrected chi connectivity index (χ4v) is 1.04. The number of alkyl halides is 3. The van der Waals surface area contributed by atoms with E-state index in [4.69, 9.17) is 15.6 Å². The Hall–Kier alpha value is -1.34. The van der Waals surface area contributed by atoms with Gasteiger partial charge in [-0.05, 0) is 12.5 Å². The molecule has 0 aliphatic carbocycles. The largest absolute Gasteiger partial charge is 0.478 e.